The molecule has 1 heterocycles. The summed E-state index contributed by atoms with van der Waals surface area (Å²) in [7, 11) is 0. The molecule has 0 bridgehead atoms. The molecule has 6 rings (SSSR count). The summed E-state index contributed by atoms with van der Waals surface area (Å²) in [5.41, 5.74) is 0.772. The average Bonchev–Trinajstić information content (AvgIpc) is 3.44. The van der Waals surface area contributed by atoms with Crippen molar-refractivity contribution in [1.29, 1.82) is 10.5 Å². The minimum atomic E-state index is -1.78. The van der Waals surface area contributed by atoms with Gasteiger partial charge >= 0.3 is 0 Å². The van der Waals surface area contributed by atoms with E-state index in [1.807, 2.05) is 48.5 Å². The van der Waals surface area contributed by atoms with Gasteiger partial charge in [0.25, 0.3) is 5.91 Å². The molecule has 1 aromatic heterocycles. The first-order chi connectivity index (χ1) is 20.5. The molecule has 202 valence electrons. The van der Waals surface area contributed by atoms with Gasteiger partial charge in [0.1, 0.15) is 5.76 Å². The summed E-state index contributed by atoms with van der Waals surface area (Å²) in [5.74, 6) is -2.86. The predicted octanol–water partition coefficient (Wildman–Crippen LogP) is 7.17. The van der Waals surface area contributed by atoms with Gasteiger partial charge in [0, 0.05) is 40.6 Å². The molecule has 2 atom stereocenters. The van der Waals surface area contributed by atoms with E-state index in [-0.39, 0.29) is 29.4 Å². The number of Topliss-reactive ketones (excluding diaryl/α,β-unsaturated/α-hetero) is 1. The Balaban J connectivity index is 1.68. The fourth-order valence-corrected chi connectivity index (χ4v) is 6.17. The van der Waals surface area contributed by atoms with Crippen LogP contribution in [-0.4, -0.2) is 21.4 Å². The van der Waals surface area contributed by atoms with Gasteiger partial charge in [-0.1, -0.05) is 97.1 Å². The molecule has 0 spiro atoms. The molecule has 42 heavy (non-hydrogen) atoms. The zero-order chi connectivity index (χ0) is 29.3. The molecule has 0 aliphatic heterocycles. The maximum Gasteiger partial charge on any atom is 0.262 e. The molecule has 1 saturated carbocycles. The molecule has 1 aliphatic carbocycles. The van der Waals surface area contributed by atoms with Crippen LogP contribution >= 0.6 is 0 Å². The highest BCUT2D eigenvalue weighted by atomic mass is 16.3. The Labute approximate surface area is 243 Å². The van der Waals surface area contributed by atoms with E-state index in [1.165, 1.54) is 4.57 Å². The van der Waals surface area contributed by atoms with Crippen LogP contribution < -0.4 is 0 Å². The zero-order valence-electron chi connectivity index (χ0n) is 22.5. The molecule has 4 aromatic carbocycles. The first kappa shape index (κ1) is 26.5. The van der Waals surface area contributed by atoms with E-state index in [1.54, 1.807) is 72.9 Å². The third-order valence-corrected chi connectivity index (χ3v) is 8.15. The molecule has 0 radical (unpaired) electrons. The Morgan fingerprint density at radius 1 is 0.786 bits per heavy atom. The molecule has 6 heteroatoms. The van der Waals surface area contributed by atoms with Crippen LogP contribution in [0.2, 0.25) is 0 Å². The molecular weight excluding hydrogens is 522 g/mol. The highest BCUT2D eigenvalue weighted by molar-refractivity contribution is 6.07. The van der Waals surface area contributed by atoms with Gasteiger partial charge in [0.15, 0.2) is 11.2 Å². The van der Waals surface area contributed by atoms with Crippen molar-refractivity contribution in [2.75, 3.05) is 0 Å². The lowest BCUT2D eigenvalue weighted by atomic mass is 9.55. The topological polar surface area (TPSA) is 107 Å². The van der Waals surface area contributed by atoms with Crippen LogP contribution in [0.3, 0.4) is 0 Å². The standard InChI is InChI=1S/C36H25N3O3/c37-22-36(23-38)29(24-12-4-1-5-13-24)20-31(40)32(34(41)25-14-6-2-7-15-25)33(36)28-21-39(30-19-11-10-18-27(28)30)35(42)26-16-8-3-9-17-26/h1-19,21,29,33,41H,20H2/b34-32-/t29-,33+/m1/s1. The van der Waals surface area contributed by atoms with Crippen molar-refractivity contribution >= 4 is 28.4 Å². The number of aliphatic hydroxyl groups is 1. The summed E-state index contributed by atoms with van der Waals surface area (Å²) in [6.07, 6.45) is 1.49. The Morgan fingerprint density at radius 2 is 1.33 bits per heavy atom. The lowest BCUT2D eigenvalue weighted by Crippen LogP contribution is -2.42. The predicted molar refractivity (Wildman–Crippen MR) is 159 cm³/mol. The lowest BCUT2D eigenvalue weighted by molar-refractivity contribution is -0.118. The summed E-state index contributed by atoms with van der Waals surface area (Å²) < 4.78 is 1.49. The smallest absolute Gasteiger partial charge is 0.262 e. The van der Waals surface area contributed by atoms with Crippen LogP contribution in [0, 0.1) is 28.1 Å². The first-order valence-corrected chi connectivity index (χ1v) is 13.6. The van der Waals surface area contributed by atoms with Crippen molar-refractivity contribution in [2.24, 2.45) is 5.41 Å². The number of allylic oxidation sites excluding steroid dienone is 1. The average molecular weight is 548 g/mol. The second kappa shape index (κ2) is 10.7. The third-order valence-electron chi connectivity index (χ3n) is 8.15. The number of aliphatic hydroxyl groups excluding tert-OH is 1. The molecule has 6 nitrogen and oxygen atoms in total. The maximum absolute atomic E-state index is 14.1. The second-order valence-electron chi connectivity index (χ2n) is 10.4. The quantitative estimate of drug-likeness (QED) is 0.190. The van der Waals surface area contributed by atoms with Crippen LogP contribution in [0.5, 0.6) is 0 Å². The van der Waals surface area contributed by atoms with Crippen molar-refractivity contribution in [3.8, 4) is 12.1 Å². The summed E-state index contributed by atoms with van der Waals surface area (Å²) in [6.45, 7) is 0. The van der Waals surface area contributed by atoms with Crippen molar-refractivity contribution in [3.63, 3.8) is 0 Å². The van der Waals surface area contributed by atoms with Crippen molar-refractivity contribution in [2.45, 2.75) is 18.3 Å². The van der Waals surface area contributed by atoms with Gasteiger partial charge in [0.2, 0.25) is 0 Å². The van der Waals surface area contributed by atoms with Crippen molar-refractivity contribution < 1.29 is 14.7 Å². The molecule has 5 aromatic rings. The van der Waals surface area contributed by atoms with Crippen LogP contribution in [-0.2, 0) is 4.79 Å². The Hall–Kier alpha value is -5.72. The van der Waals surface area contributed by atoms with Gasteiger partial charge in [-0.3, -0.25) is 14.2 Å². The summed E-state index contributed by atoms with van der Waals surface area (Å²) >= 11 is 0. The number of benzene rings is 4. The van der Waals surface area contributed by atoms with Gasteiger partial charge in [-0.15, -0.1) is 0 Å². The minimum Gasteiger partial charge on any atom is -0.507 e. The van der Waals surface area contributed by atoms with Crippen molar-refractivity contribution in [1.82, 2.24) is 4.57 Å². The van der Waals surface area contributed by atoms with E-state index in [0.717, 1.165) is 0 Å². The molecular formula is C36H25N3O3. The Bertz CT molecular complexity index is 1910. The van der Waals surface area contributed by atoms with Gasteiger partial charge in [-0.05, 0) is 29.3 Å². The first-order valence-electron chi connectivity index (χ1n) is 13.6. The number of nitriles is 2. The monoisotopic (exact) mass is 547 g/mol. The molecule has 0 unspecified atom stereocenters. The summed E-state index contributed by atoms with van der Waals surface area (Å²) in [6, 6.07) is 38.4. The van der Waals surface area contributed by atoms with Gasteiger partial charge in [-0.2, -0.15) is 10.5 Å². The number of nitrogens with zero attached hydrogens (tertiary/aromatic N) is 3. The number of carbonyl (C=O) groups is 2. The van der Waals surface area contributed by atoms with E-state index in [4.69, 9.17) is 0 Å². The second-order valence-corrected chi connectivity index (χ2v) is 10.4. The third kappa shape index (κ3) is 4.18. The normalized spacial score (nSPS) is 19.0. The number of fused-ring (bicyclic) bond motifs is 1. The number of rotatable bonds is 4. The molecule has 0 amide bonds. The fraction of sp³-hybridized carbons (Fsp3) is 0.111. The fourth-order valence-electron chi connectivity index (χ4n) is 6.17. The van der Waals surface area contributed by atoms with E-state index < -0.39 is 17.3 Å². The largest absolute Gasteiger partial charge is 0.507 e. The van der Waals surface area contributed by atoms with Crippen molar-refractivity contribution in [3.05, 3.63) is 149 Å². The lowest BCUT2D eigenvalue weighted by Gasteiger charge is -2.41. The number of hydrogen-bond donors (Lipinski definition) is 1. The highest BCUT2D eigenvalue weighted by Gasteiger charge is 2.57. The van der Waals surface area contributed by atoms with Gasteiger partial charge < -0.3 is 5.11 Å². The molecule has 1 N–H and O–H groups in total. The molecule has 1 fully saturated rings. The summed E-state index contributed by atoms with van der Waals surface area (Å²) in [5, 5.41) is 34.0. The van der Waals surface area contributed by atoms with Gasteiger partial charge in [0.05, 0.1) is 23.6 Å². The minimum absolute atomic E-state index is 0.00783. The number of ketones is 1. The van der Waals surface area contributed by atoms with Crippen LogP contribution in [0.1, 0.15) is 45.3 Å². The highest BCUT2D eigenvalue weighted by Crippen LogP contribution is 2.57. The zero-order valence-corrected chi connectivity index (χ0v) is 22.5. The summed E-state index contributed by atoms with van der Waals surface area (Å²) in [4.78, 5) is 27.8. The Kier molecular flexibility index (Phi) is 6.74. The molecule has 1 aliphatic rings. The van der Waals surface area contributed by atoms with Crippen LogP contribution in [0.25, 0.3) is 16.7 Å². The SMILES string of the molecule is N#CC1(C#N)[C@@H](c2ccccc2)CC(=O)/C(=C(/O)c2ccccc2)[C@@H]1c1cn(C(=O)c2ccccc2)c2ccccc12. The van der Waals surface area contributed by atoms with Crippen LogP contribution in [0.15, 0.2) is 127 Å². The number of para-hydroxylation sites is 1. The molecule has 0 saturated heterocycles. The van der Waals surface area contributed by atoms with E-state index in [0.29, 0.717) is 33.2 Å². The van der Waals surface area contributed by atoms with E-state index in [9.17, 15) is 25.2 Å². The van der Waals surface area contributed by atoms with E-state index >= 15 is 0 Å². The number of hydrogen-bond acceptors (Lipinski definition) is 5. The Morgan fingerprint density at radius 3 is 1.95 bits per heavy atom. The maximum atomic E-state index is 14.1. The number of carbonyl (C=O) groups excluding carboxylic acids is 2. The number of aromatic nitrogens is 1. The van der Waals surface area contributed by atoms with E-state index in [2.05, 4.69) is 12.1 Å². The van der Waals surface area contributed by atoms with Gasteiger partial charge in [-0.25, -0.2) is 0 Å². The van der Waals surface area contributed by atoms with Crippen LogP contribution in [0.4, 0.5) is 0 Å².